The molecule has 2 aromatic carbocycles. The molecule has 3 rings (SSSR count). The Bertz CT molecular complexity index is 988. The minimum Gasteiger partial charge on any atom is -0.378 e. The monoisotopic (exact) mass is 358 g/mol. The molecule has 1 N–H and O–H groups in total. The number of allylic oxidation sites excluding steroid dienone is 4. The predicted octanol–water partition coefficient (Wildman–Crippen LogP) is 6.22. The van der Waals surface area contributed by atoms with Gasteiger partial charge in [0.2, 0.25) is 0 Å². The van der Waals surface area contributed by atoms with Gasteiger partial charge in [0, 0.05) is 30.9 Å². The summed E-state index contributed by atoms with van der Waals surface area (Å²) >= 11 is 0. The molecule has 1 aliphatic carbocycles. The Hall–Kier alpha value is -2.61. The van der Waals surface area contributed by atoms with E-state index in [0.29, 0.717) is 5.71 Å². The van der Waals surface area contributed by atoms with E-state index in [4.69, 9.17) is 5.41 Å². The lowest BCUT2D eigenvalue weighted by Crippen LogP contribution is -2.13. The Morgan fingerprint density at radius 3 is 2.19 bits per heavy atom. The van der Waals surface area contributed by atoms with Crippen LogP contribution in [0.5, 0.6) is 0 Å². The molecule has 0 aliphatic heterocycles. The van der Waals surface area contributed by atoms with Crippen molar-refractivity contribution in [2.75, 3.05) is 19.0 Å². The van der Waals surface area contributed by atoms with Gasteiger partial charge in [-0.05, 0) is 86.6 Å². The van der Waals surface area contributed by atoms with Crippen molar-refractivity contribution in [1.29, 1.82) is 5.41 Å². The molecule has 0 heterocycles. The van der Waals surface area contributed by atoms with Gasteiger partial charge in [-0.15, -0.1) is 0 Å². The molecule has 0 bridgehead atoms. The summed E-state index contributed by atoms with van der Waals surface area (Å²) in [6, 6.07) is 10.8. The van der Waals surface area contributed by atoms with E-state index in [0.717, 1.165) is 23.2 Å². The van der Waals surface area contributed by atoms with Gasteiger partial charge in [0.25, 0.3) is 0 Å². The summed E-state index contributed by atoms with van der Waals surface area (Å²) in [5.74, 6) is 0. The topological polar surface area (TPSA) is 27.1 Å². The van der Waals surface area contributed by atoms with E-state index in [2.05, 4.69) is 90.0 Å². The van der Waals surface area contributed by atoms with Gasteiger partial charge in [-0.2, -0.15) is 0 Å². The summed E-state index contributed by atoms with van der Waals surface area (Å²) in [7, 11) is 4.10. The van der Waals surface area contributed by atoms with E-state index >= 15 is 0 Å². The van der Waals surface area contributed by atoms with Crippen LogP contribution in [0.1, 0.15) is 53.6 Å². The number of rotatable bonds is 4. The number of nitrogens with zero attached hydrogens (tertiary/aromatic N) is 1. The van der Waals surface area contributed by atoms with Crippen LogP contribution in [0.15, 0.2) is 47.6 Å². The van der Waals surface area contributed by atoms with E-state index < -0.39 is 0 Å². The van der Waals surface area contributed by atoms with E-state index in [9.17, 15) is 0 Å². The highest BCUT2D eigenvalue weighted by molar-refractivity contribution is 6.15. The fraction of sp³-hybridized carbons (Fsp3) is 0.320. The molecule has 2 nitrogen and oxygen atoms in total. The first-order valence-electron chi connectivity index (χ1n) is 9.55. The van der Waals surface area contributed by atoms with E-state index in [1.54, 1.807) is 0 Å². The highest BCUT2D eigenvalue weighted by Crippen LogP contribution is 2.37. The molecule has 0 atom stereocenters. The molecule has 0 unspecified atom stereocenters. The van der Waals surface area contributed by atoms with Gasteiger partial charge in [-0.1, -0.05) is 29.8 Å². The van der Waals surface area contributed by atoms with Crippen molar-refractivity contribution >= 4 is 17.0 Å². The van der Waals surface area contributed by atoms with Crippen LogP contribution in [0.4, 0.5) is 5.69 Å². The molecule has 0 spiro atoms. The summed E-state index contributed by atoms with van der Waals surface area (Å²) in [6.45, 7) is 10.8. The second-order valence-electron chi connectivity index (χ2n) is 8.01. The third-order valence-corrected chi connectivity index (χ3v) is 5.84. The van der Waals surface area contributed by atoms with Crippen LogP contribution in [-0.2, 0) is 0 Å². The van der Waals surface area contributed by atoms with Gasteiger partial charge in [0.1, 0.15) is 0 Å². The lowest BCUT2D eigenvalue weighted by Gasteiger charge is -2.20. The van der Waals surface area contributed by atoms with Crippen molar-refractivity contribution in [3.63, 3.8) is 0 Å². The molecule has 0 fully saturated rings. The van der Waals surface area contributed by atoms with Crippen LogP contribution < -0.4 is 4.90 Å². The number of nitrogens with one attached hydrogen (secondary N) is 1. The Labute approximate surface area is 163 Å². The molecule has 27 heavy (non-hydrogen) atoms. The Morgan fingerprint density at radius 1 is 0.889 bits per heavy atom. The van der Waals surface area contributed by atoms with Gasteiger partial charge < -0.3 is 4.90 Å². The van der Waals surface area contributed by atoms with E-state index in [-0.39, 0.29) is 0 Å². The summed E-state index contributed by atoms with van der Waals surface area (Å²) in [5.41, 5.74) is 12.8. The first-order chi connectivity index (χ1) is 12.7. The Morgan fingerprint density at radius 2 is 1.59 bits per heavy atom. The van der Waals surface area contributed by atoms with Crippen molar-refractivity contribution in [2.24, 2.45) is 0 Å². The van der Waals surface area contributed by atoms with Gasteiger partial charge in [0.05, 0.1) is 5.71 Å². The van der Waals surface area contributed by atoms with Gasteiger partial charge >= 0.3 is 0 Å². The fourth-order valence-electron chi connectivity index (χ4n) is 3.89. The maximum absolute atomic E-state index is 9.08. The summed E-state index contributed by atoms with van der Waals surface area (Å²) in [6.07, 6.45) is 3.24. The molecule has 1 aliphatic rings. The van der Waals surface area contributed by atoms with Crippen LogP contribution in [0.25, 0.3) is 5.57 Å². The number of aryl methyl sites for hydroxylation is 1. The molecule has 0 aromatic heterocycles. The van der Waals surface area contributed by atoms with Gasteiger partial charge in [-0.25, -0.2) is 0 Å². The third kappa shape index (κ3) is 3.49. The Kier molecular flexibility index (Phi) is 5.10. The Balaban J connectivity index is 2.19. The molecule has 140 valence electrons. The van der Waals surface area contributed by atoms with Crippen LogP contribution in [0, 0.1) is 26.2 Å². The molecule has 2 heteroatoms. The van der Waals surface area contributed by atoms with Crippen LogP contribution >= 0.6 is 0 Å². The second kappa shape index (κ2) is 7.19. The zero-order valence-electron chi connectivity index (χ0n) is 17.6. The number of benzene rings is 2. The lowest BCUT2D eigenvalue weighted by molar-refractivity contribution is 1.13. The SMILES string of the molecule is CC1=CC(C)=C(c2ccc(N(C)C)cc2C(=N)c2ccc(C)c(C)c2C)C1. The van der Waals surface area contributed by atoms with Crippen molar-refractivity contribution in [1.82, 2.24) is 0 Å². The molecule has 0 saturated carbocycles. The maximum atomic E-state index is 9.08. The normalized spacial score (nSPS) is 13.8. The fourth-order valence-corrected chi connectivity index (χ4v) is 3.89. The zero-order chi connectivity index (χ0) is 19.9. The third-order valence-electron chi connectivity index (χ3n) is 5.84. The van der Waals surface area contributed by atoms with Crippen LogP contribution in [0.2, 0.25) is 0 Å². The summed E-state index contributed by atoms with van der Waals surface area (Å²) in [5, 5.41) is 9.08. The standard InChI is InChI=1S/C25H30N2/c1-15-12-17(3)23(13-15)22-11-9-20(27(6)7)14-24(22)25(26)21-10-8-16(2)18(4)19(21)5/h8-12,14,26H,13H2,1-7H3. The van der Waals surface area contributed by atoms with Crippen molar-refractivity contribution in [3.8, 4) is 0 Å². The largest absolute Gasteiger partial charge is 0.378 e. The quantitative estimate of drug-likeness (QED) is 0.646. The molecular formula is C25H30N2. The van der Waals surface area contributed by atoms with E-state index in [1.165, 1.54) is 39.0 Å². The van der Waals surface area contributed by atoms with Crippen molar-refractivity contribution in [3.05, 3.63) is 80.9 Å². The number of hydrogen-bond donors (Lipinski definition) is 1. The van der Waals surface area contributed by atoms with Crippen molar-refractivity contribution < 1.29 is 0 Å². The van der Waals surface area contributed by atoms with Gasteiger partial charge in [0.15, 0.2) is 0 Å². The highest BCUT2D eigenvalue weighted by Gasteiger charge is 2.20. The van der Waals surface area contributed by atoms with E-state index in [1.807, 2.05) is 0 Å². The molecular weight excluding hydrogens is 328 g/mol. The molecule has 0 amide bonds. The lowest BCUT2D eigenvalue weighted by atomic mass is 9.87. The zero-order valence-corrected chi connectivity index (χ0v) is 17.6. The summed E-state index contributed by atoms with van der Waals surface area (Å²) in [4.78, 5) is 2.10. The van der Waals surface area contributed by atoms with Crippen LogP contribution in [0.3, 0.4) is 0 Å². The smallest absolute Gasteiger partial charge is 0.0694 e. The molecule has 0 radical (unpaired) electrons. The second-order valence-corrected chi connectivity index (χ2v) is 8.01. The highest BCUT2D eigenvalue weighted by atomic mass is 15.1. The molecule has 0 saturated heterocycles. The minimum atomic E-state index is 0.610. The average molecular weight is 359 g/mol. The first kappa shape index (κ1) is 19.2. The van der Waals surface area contributed by atoms with Crippen LogP contribution in [-0.4, -0.2) is 19.8 Å². The first-order valence-corrected chi connectivity index (χ1v) is 9.55. The summed E-state index contributed by atoms with van der Waals surface area (Å²) < 4.78 is 0. The predicted molar refractivity (Wildman–Crippen MR) is 118 cm³/mol. The minimum absolute atomic E-state index is 0.610. The maximum Gasteiger partial charge on any atom is 0.0694 e. The van der Waals surface area contributed by atoms with Crippen molar-refractivity contribution in [2.45, 2.75) is 41.0 Å². The number of anilines is 1. The number of hydrogen-bond acceptors (Lipinski definition) is 2. The molecule has 2 aromatic rings. The average Bonchev–Trinajstić information content (AvgIpc) is 2.96. The van der Waals surface area contributed by atoms with Gasteiger partial charge in [-0.3, -0.25) is 5.41 Å².